The number of carboxylic acids is 1. The average molecular weight is 235 g/mol. The first-order chi connectivity index (χ1) is 7.88. The third-order valence-electron chi connectivity index (χ3n) is 2.82. The molecule has 1 amide bonds. The van der Waals surface area contributed by atoms with Crippen LogP contribution in [0, 0.1) is 20.8 Å². The highest BCUT2D eigenvalue weighted by Crippen LogP contribution is 2.27. The number of carboxylic acid groups (broad SMARTS) is 1. The first kappa shape index (κ1) is 13.2. The van der Waals surface area contributed by atoms with Crippen molar-refractivity contribution >= 4 is 12.4 Å². The number of nitrogens with zero attached hydrogens (tertiary/aromatic N) is 1. The molecule has 0 spiro atoms. The molecule has 4 nitrogen and oxygen atoms in total. The van der Waals surface area contributed by atoms with E-state index in [1.165, 1.54) is 11.9 Å². The molecule has 1 aromatic carbocycles. The summed E-state index contributed by atoms with van der Waals surface area (Å²) in [6.45, 7) is 5.69. The molecule has 0 saturated heterocycles. The first-order valence-corrected chi connectivity index (χ1v) is 5.36. The van der Waals surface area contributed by atoms with Gasteiger partial charge in [0, 0.05) is 7.05 Å². The maximum atomic E-state index is 11.3. The lowest BCUT2D eigenvalue weighted by atomic mass is 9.93. The second-order valence-corrected chi connectivity index (χ2v) is 4.32. The van der Waals surface area contributed by atoms with Crippen LogP contribution >= 0.6 is 0 Å². The van der Waals surface area contributed by atoms with Crippen LogP contribution in [0.5, 0.6) is 0 Å². The summed E-state index contributed by atoms with van der Waals surface area (Å²) in [4.78, 5) is 23.2. The minimum absolute atomic E-state index is 0.539. The van der Waals surface area contributed by atoms with Gasteiger partial charge in [0.1, 0.15) is 0 Å². The molecule has 0 fully saturated rings. The van der Waals surface area contributed by atoms with Gasteiger partial charge >= 0.3 is 5.97 Å². The van der Waals surface area contributed by atoms with Crippen molar-refractivity contribution < 1.29 is 14.7 Å². The van der Waals surface area contributed by atoms with Crippen LogP contribution in [0.2, 0.25) is 0 Å². The number of aliphatic carboxylic acids is 1. The van der Waals surface area contributed by atoms with Crippen LogP contribution in [-0.4, -0.2) is 29.4 Å². The van der Waals surface area contributed by atoms with Crippen molar-refractivity contribution in [1.82, 2.24) is 4.90 Å². The van der Waals surface area contributed by atoms with Crippen molar-refractivity contribution in [3.63, 3.8) is 0 Å². The van der Waals surface area contributed by atoms with E-state index < -0.39 is 12.0 Å². The topological polar surface area (TPSA) is 57.6 Å². The molecule has 0 radical (unpaired) electrons. The third kappa shape index (κ3) is 2.64. The average Bonchev–Trinajstić information content (AvgIpc) is 2.21. The number of hydrogen-bond acceptors (Lipinski definition) is 2. The molecule has 1 rings (SSSR count). The molecule has 0 aromatic heterocycles. The van der Waals surface area contributed by atoms with Crippen LogP contribution in [-0.2, 0) is 9.59 Å². The lowest BCUT2D eigenvalue weighted by molar-refractivity contribution is -0.145. The summed E-state index contributed by atoms with van der Waals surface area (Å²) in [5.74, 6) is -1.02. The number of aryl methyl sites for hydroxylation is 3. The monoisotopic (exact) mass is 235 g/mol. The normalized spacial score (nSPS) is 12.0. The summed E-state index contributed by atoms with van der Waals surface area (Å²) in [7, 11) is 1.48. The second-order valence-electron chi connectivity index (χ2n) is 4.32. The number of carbonyl (C=O) groups is 2. The van der Waals surface area contributed by atoms with Crippen LogP contribution < -0.4 is 0 Å². The molecule has 0 aliphatic carbocycles. The van der Waals surface area contributed by atoms with Crippen LogP contribution in [0.3, 0.4) is 0 Å². The van der Waals surface area contributed by atoms with E-state index in [0.29, 0.717) is 12.0 Å². The summed E-state index contributed by atoms with van der Waals surface area (Å²) in [6, 6.07) is 2.93. The Balaban J connectivity index is 3.38. The maximum absolute atomic E-state index is 11.3. The Morgan fingerprint density at radius 3 is 2.12 bits per heavy atom. The van der Waals surface area contributed by atoms with Gasteiger partial charge in [-0.05, 0) is 37.5 Å². The van der Waals surface area contributed by atoms with Crippen molar-refractivity contribution in [2.45, 2.75) is 26.8 Å². The number of hydrogen-bond donors (Lipinski definition) is 1. The predicted octanol–water partition coefficient (Wildman–Crippen LogP) is 1.83. The number of rotatable bonds is 4. The highest BCUT2D eigenvalue weighted by molar-refractivity contribution is 5.79. The Morgan fingerprint density at radius 2 is 1.76 bits per heavy atom. The fraction of sp³-hybridized carbons (Fsp3) is 0.385. The molecule has 1 N–H and O–H groups in total. The third-order valence-corrected chi connectivity index (χ3v) is 2.82. The van der Waals surface area contributed by atoms with Gasteiger partial charge in [0.15, 0.2) is 6.04 Å². The van der Waals surface area contributed by atoms with E-state index in [1.54, 1.807) is 0 Å². The van der Waals surface area contributed by atoms with Gasteiger partial charge in [-0.3, -0.25) is 4.79 Å². The first-order valence-electron chi connectivity index (χ1n) is 5.36. The molecule has 4 heteroatoms. The zero-order valence-corrected chi connectivity index (χ0v) is 10.5. The molecule has 0 aliphatic heterocycles. The van der Waals surface area contributed by atoms with Gasteiger partial charge in [0.05, 0.1) is 0 Å². The van der Waals surface area contributed by atoms with Gasteiger partial charge in [0.2, 0.25) is 6.41 Å². The molecule has 1 aromatic rings. The summed E-state index contributed by atoms with van der Waals surface area (Å²) >= 11 is 0. The van der Waals surface area contributed by atoms with Crippen molar-refractivity contribution in [3.8, 4) is 0 Å². The van der Waals surface area contributed by atoms with Gasteiger partial charge in [-0.25, -0.2) is 4.79 Å². The van der Waals surface area contributed by atoms with Gasteiger partial charge in [-0.2, -0.15) is 0 Å². The van der Waals surface area contributed by atoms with Crippen molar-refractivity contribution in [2.75, 3.05) is 7.05 Å². The molecule has 1 unspecified atom stereocenters. The van der Waals surface area contributed by atoms with Gasteiger partial charge < -0.3 is 10.0 Å². The van der Waals surface area contributed by atoms with Crippen molar-refractivity contribution in [3.05, 3.63) is 34.4 Å². The highest BCUT2D eigenvalue weighted by atomic mass is 16.4. The van der Waals surface area contributed by atoms with E-state index in [9.17, 15) is 14.7 Å². The predicted molar refractivity (Wildman–Crippen MR) is 64.9 cm³/mol. The molecule has 0 saturated carbocycles. The minimum atomic E-state index is -1.02. The number of amides is 1. The van der Waals surface area contributed by atoms with E-state index >= 15 is 0 Å². The molecule has 92 valence electrons. The molecular formula is C13H17NO3. The summed E-state index contributed by atoms with van der Waals surface area (Å²) in [5.41, 5.74) is 3.56. The quantitative estimate of drug-likeness (QED) is 0.810. The molecule has 17 heavy (non-hydrogen) atoms. The lowest BCUT2D eigenvalue weighted by Gasteiger charge is -2.24. The van der Waals surface area contributed by atoms with Crippen LogP contribution in [0.4, 0.5) is 0 Å². The zero-order valence-electron chi connectivity index (χ0n) is 10.5. The SMILES string of the molecule is Cc1cc(C)c(C(C(=O)O)N(C)C=O)c(C)c1. The molecule has 1 atom stereocenters. The largest absolute Gasteiger partial charge is 0.479 e. The summed E-state index contributed by atoms with van der Waals surface area (Å²) in [6.07, 6.45) is 0.539. The van der Waals surface area contributed by atoms with E-state index in [4.69, 9.17) is 0 Å². The van der Waals surface area contributed by atoms with Gasteiger partial charge in [-0.15, -0.1) is 0 Å². The Kier molecular flexibility index (Phi) is 3.89. The number of benzene rings is 1. The van der Waals surface area contributed by atoms with E-state index in [2.05, 4.69) is 0 Å². The Bertz CT molecular complexity index is 431. The second kappa shape index (κ2) is 4.99. The summed E-state index contributed by atoms with van der Waals surface area (Å²) < 4.78 is 0. The number of carbonyl (C=O) groups excluding carboxylic acids is 1. The zero-order chi connectivity index (χ0) is 13.2. The molecule has 0 aliphatic rings. The van der Waals surface area contributed by atoms with Gasteiger partial charge in [-0.1, -0.05) is 17.7 Å². The van der Waals surface area contributed by atoms with E-state index in [1.807, 2.05) is 32.9 Å². The van der Waals surface area contributed by atoms with Crippen molar-refractivity contribution in [1.29, 1.82) is 0 Å². The Hall–Kier alpha value is -1.84. The number of likely N-dealkylation sites (N-methyl/N-ethyl adjacent to an activating group) is 1. The van der Waals surface area contributed by atoms with Crippen LogP contribution in [0.1, 0.15) is 28.3 Å². The smallest absolute Gasteiger partial charge is 0.331 e. The Morgan fingerprint density at radius 1 is 1.29 bits per heavy atom. The van der Waals surface area contributed by atoms with E-state index in [0.717, 1.165) is 16.7 Å². The van der Waals surface area contributed by atoms with E-state index in [-0.39, 0.29) is 0 Å². The van der Waals surface area contributed by atoms with Crippen LogP contribution in [0.25, 0.3) is 0 Å². The maximum Gasteiger partial charge on any atom is 0.331 e. The molecule has 0 heterocycles. The standard InChI is InChI=1S/C13H17NO3/c1-8-5-9(2)11(10(3)6-8)12(13(16)17)14(4)7-15/h5-7,12H,1-4H3,(H,16,17). The van der Waals surface area contributed by atoms with Crippen molar-refractivity contribution in [2.24, 2.45) is 0 Å². The molecule has 0 bridgehead atoms. The fourth-order valence-corrected chi connectivity index (χ4v) is 2.18. The summed E-state index contributed by atoms with van der Waals surface area (Å²) in [5, 5.41) is 9.25. The fourth-order valence-electron chi connectivity index (χ4n) is 2.18. The lowest BCUT2D eigenvalue weighted by Crippen LogP contribution is -2.31. The highest BCUT2D eigenvalue weighted by Gasteiger charge is 2.27. The Labute approximate surface area is 101 Å². The van der Waals surface area contributed by atoms with Crippen LogP contribution in [0.15, 0.2) is 12.1 Å². The minimum Gasteiger partial charge on any atom is -0.479 e. The van der Waals surface area contributed by atoms with Gasteiger partial charge in [0.25, 0.3) is 0 Å². The molecular weight excluding hydrogens is 218 g/mol.